The van der Waals surface area contributed by atoms with E-state index in [1.165, 1.54) is 43.2 Å². The highest BCUT2D eigenvalue weighted by Gasteiger charge is 2.26. The van der Waals surface area contributed by atoms with E-state index in [0.717, 1.165) is 54.3 Å². The second-order valence-electron chi connectivity index (χ2n) is 8.92. The van der Waals surface area contributed by atoms with Gasteiger partial charge in [-0.05, 0) is 81.1 Å². The van der Waals surface area contributed by atoms with Crippen molar-refractivity contribution in [1.82, 2.24) is 19.7 Å². The van der Waals surface area contributed by atoms with Gasteiger partial charge in [-0.25, -0.2) is 4.39 Å². The van der Waals surface area contributed by atoms with Crippen LogP contribution in [0.4, 0.5) is 10.1 Å². The highest BCUT2D eigenvalue weighted by Crippen LogP contribution is 2.30. The highest BCUT2D eigenvalue weighted by atomic mass is 32.2. The lowest BCUT2D eigenvalue weighted by atomic mass is 10.0. The van der Waals surface area contributed by atoms with Gasteiger partial charge in [0.1, 0.15) is 5.82 Å². The van der Waals surface area contributed by atoms with Crippen molar-refractivity contribution in [1.29, 1.82) is 0 Å². The Labute approximate surface area is 211 Å². The van der Waals surface area contributed by atoms with Crippen molar-refractivity contribution in [3.63, 3.8) is 0 Å². The van der Waals surface area contributed by atoms with Crippen molar-refractivity contribution in [3.05, 3.63) is 65.2 Å². The van der Waals surface area contributed by atoms with Crippen LogP contribution in [0.2, 0.25) is 0 Å². The first-order chi connectivity index (χ1) is 17.0. The molecular formula is C27H34FN5OS. The zero-order chi connectivity index (χ0) is 24.8. The van der Waals surface area contributed by atoms with Crippen LogP contribution < -0.4 is 5.32 Å². The van der Waals surface area contributed by atoms with Gasteiger partial charge in [-0.15, -0.1) is 10.2 Å². The van der Waals surface area contributed by atoms with Crippen molar-refractivity contribution in [2.75, 3.05) is 24.2 Å². The standard InChI is InChI=1S/C27H34FN5OS/c1-4-20-10-9-11-21(5-2)25(20)29-24(34)18-35-27-31-30-26(19(3)32-16-7-6-8-17-32)33(27)23-14-12-22(28)13-15-23/h9-15,19H,4-8,16-18H2,1-3H3,(H,29,34)/t19-/m0/s1. The molecule has 1 N–H and O–H groups in total. The van der Waals surface area contributed by atoms with E-state index < -0.39 is 0 Å². The Morgan fingerprint density at radius 2 is 1.69 bits per heavy atom. The first-order valence-corrected chi connectivity index (χ1v) is 13.5. The van der Waals surface area contributed by atoms with Crippen LogP contribution in [0.5, 0.6) is 0 Å². The number of aryl methyl sites for hydroxylation is 2. The van der Waals surface area contributed by atoms with Gasteiger partial charge in [0.15, 0.2) is 11.0 Å². The number of halogens is 1. The molecule has 1 fully saturated rings. The molecule has 0 unspecified atom stereocenters. The Kier molecular flexibility index (Phi) is 8.57. The number of hydrogen-bond acceptors (Lipinski definition) is 5. The van der Waals surface area contributed by atoms with Crippen molar-refractivity contribution in [2.45, 2.75) is 64.1 Å². The third-order valence-corrected chi connectivity index (χ3v) is 7.58. The van der Waals surface area contributed by atoms with Crippen molar-refractivity contribution in [3.8, 4) is 5.69 Å². The van der Waals surface area contributed by atoms with Gasteiger partial charge < -0.3 is 5.32 Å². The SMILES string of the molecule is CCc1cccc(CC)c1NC(=O)CSc1nnc([C@H](C)N2CCCCC2)n1-c1ccc(F)cc1. The van der Waals surface area contributed by atoms with E-state index in [4.69, 9.17) is 0 Å². The van der Waals surface area contributed by atoms with Gasteiger partial charge in [0.25, 0.3) is 0 Å². The fourth-order valence-electron chi connectivity index (χ4n) is 4.66. The number of amides is 1. The average molecular weight is 496 g/mol. The summed E-state index contributed by atoms with van der Waals surface area (Å²) in [4.78, 5) is 15.4. The molecule has 35 heavy (non-hydrogen) atoms. The number of benzene rings is 2. The molecule has 1 aliphatic heterocycles. The van der Waals surface area contributed by atoms with Crippen LogP contribution in [0, 0.1) is 5.82 Å². The lowest BCUT2D eigenvalue weighted by Crippen LogP contribution is -2.33. The van der Waals surface area contributed by atoms with Gasteiger partial charge in [-0.1, -0.05) is 50.2 Å². The van der Waals surface area contributed by atoms with Crippen molar-refractivity contribution < 1.29 is 9.18 Å². The summed E-state index contributed by atoms with van der Waals surface area (Å²) in [7, 11) is 0. The average Bonchev–Trinajstić information content (AvgIpc) is 3.32. The minimum absolute atomic E-state index is 0.0690. The number of carbonyl (C=O) groups excluding carboxylic acids is 1. The fourth-order valence-corrected chi connectivity index (χ4v) is 5.41. The minimum atomic E-state index is -0.289. The second kappa shape index (κ2) is 11.8. The third kappa shape index (κ3) is 5.93. The number of hydrogen-bond donors (Lipinski definition) is 1. The molecule has 6 nitrogen and oxygen atoms in total. The number of para-hydroxylation sites is 1. The Morgan fingerprint density at radius 1 is 1.03 bits per heavy atom. The number of piperidine rings is 1. The van der Waals surface area contributed by atoms with E-state index in [1.54, 1.807) is 12.1 Å². The van der Waals surface area contributed by atoms with E-state index in [9.17, 15) is 9.18 Å². The number of nitrogens with zero attached hydrogens (tertiary/aromatic N) is 4. The number of nitrogens with one attached hydrogen (secondary N) is 1. The van der Waals surface area contributed by atoms with Gasteiger partial charge in [-0.3, -0.25) is 14.3 Å². The van der Waals surface area contributed by atoms with Gasteiger partial charge in [0, 0.05) is 11.4 Å². The maximum absolute atomic E-state index is 13.7. The number of aromatic nitrogens is 3. The lowest BCUT2D eigenvalue weighted by Gasteiger charge is -2.31. The predicted molar refractivity (Wildman–Crippen MR) is 140 cm³/mol. The first kappa shape index (κ1) is 25.4. The monoisotopic (exact) mass is 495 g/mol. The number of likely N-dealkylation sites (tertiary alicyclic amines) is 1. The lowest BCUT2D eigenvalue weighted by molar-refractivity contribution is -0.113. The van der Waals surface area contributed by atoms with E-state index in [2.05, 4.69) is 53.3 Å². The Morgan fingerprint density at radius 3 is 2.31 bits per heavy atom. The van der Waals surface area contributed by atoms with Crippen LogP contribution in [0.15, 0.2) is 47.6 Å². The molecule has 0 spiro atoms. The number of anilines is 1. The molecule has 4 rings (SSSR count). The molecule has 8 heteroatoms. The van der Waals surface area contributed by atoms with Gasteiger partial charge in [0.2, 0.25) is 5.91 Å². The van der Waals surface area contributed by atoms with E-state index in [0.29, 0.717) is 5.16 Å². The quantitative estimate of drug-likeness (QED) is 0.380. The number of thioether (sulfide) groups is 1. The zero-order valence-corrected chi connectivity index (χ0v) is 21.6. The summed E-state index contributed by atoms with van der Waals surface area (Å²) in [5, 5.41) is 12.7. The van der Waals surface area contributed by atoms with E-state index in [-0.39, 0.29) is 23.5 Å². The molecule has 0 bridgehead atoms. The number of rotatable bonds is 9. The zero-order valence-electron chi connectivity index (χ0n) is 20.8. The van der Waals surface area contributed by atoms with E-state index >= 15 is 0 Å². The molecule has 2 heterocycles. The summed E-state index contributed by atoms with van der Waals surface area (Å²) >= 11 is 1.35. The first-order valence-electron chi connectivity index (χ1n) is 12.5. The molecular weight excluding hydrogens is 461 g/mol. The van der Waals surface area contributed by atoms with E-state index in [1.807, 2.05) is 10.6 Å². The maximum Gasteiger partial charge on any atom is 0.234 e. The second-order valence-corrected chi connectivity index (χ2v) is 9.86. The topological polar surface area (TPSA) is 63.1 Å². The largest absolute Gasteiger partial charge is 0.325 e. The van der Waals surface area contributed by atoms with Crippen LogP contribution in [0.25, 0.3) is 5.69 Å². The van der Waals surface area contributed by atoms with Gasteiger partial charge >= 0.3 is 0 Å². The molecule has 3 aromatic rings. The van der Waals surface area contributed by atoms with Crippen molar-refractivity contribution in [2.24, 2.45) is 0 Å². The maximum atomic E-state index is 13.7. The molecule has 2 aromatic carbocycles. The summed E-state index contributed by atoms with van der Waals surface area (Å²) < 4.78 is 15.6. The molecule has 186 valence electrons. The van der Waals surface area contributed by atoms with Crippen LogP contribution in [-0.4, -0.2) is 44.4 Å². The third-order valence-electron chi connectivity index (χ3n) is 6.65. The molecule has 1 amide bonds. The normalized spacial score (nSPS) is 15.2. The molecule has 1 saturated heterocycles. The summed E-state index contributed by atoms with van der Waals surface area (Å²) in [6.45, 7) is 8.38. The van der Waals surface area contributed by atoms with Gasteiger partial charge in [-0.2, -0.15) is 0 Å². The molecule has 0 aliphatic carbocycles. The molecule has 1 atom stereocenters. The molecule has 1 aliphatic rings. The summed E-state index contributed by atoms with van der Waals surface area (Å²) in [5.41, 5.74) is 3.98. The Balaban J connectivity index is 1.56. The predicted octanol–water partition coefficient (Wildman–Crippen LogP) is 5.81. The smallest absolute Gasteiger partial charge is 0.234 e. The van der Waals surface area contributed by atoms with Gasteiger partial charge in [0.05, 0.1) is 11.8 Å². The van der Waals surface area contributed by atoms with Crippen LogP contribution in [0.3, 0.4) is 0 Å². The molecule has 1 aromatic heterocycles. The van der Waals surface area contributed by atoms with Crippen molar-refractivity contribution >= 4 is 23.4 Å². The van der Waals surface area contributed by atoms with Crippen LogP contribution in [-0.2, 0) is 17.6 Å². The molecule has 0 saturated carbocycles. The summed E-state index contributed by atoms with van der Waals surface area (Å²) in [6.07, 6.45) is 5.32. The Bertz CT molecular complexity index is 1120. The minimum Gasteiger partial charge on any atom is -0.325 e. The number of carbonyl (C=O) groups is 1. The summed E-state index contributed by atoms with van der Waals surface area (Å²) in [6, 6.07) is 12.6. The fraction of sp³-hybridized carbons (Fsp3) is 0.444. The molecule has 0 radical (unpaired) electrons. The Hall–Kier alpha value is -2.71. The summed E-state index contributed by atoms with van der Waals surface area (Å²) in [5.74, 6) is 0.650. The highest BCUT2D eigenvalue weighted by molar-refractivity contribution is 7.99. The van der Waals surface area contributed by atoms with Crippen LogP contribution in [0.1, 0.15) is 63.0 Å². The van der Waals surface area contributed by atoms with Crippen LogP contribution >= 0.6 is 11.8 Å².